The standard InChI is InChI=1S/C18H17BN3S/c1-2-10-21-14(6-1)11-19-18-17-15(22-18)7-3-8-16(23-17)13-5-4-9-20-12-13/h1-2,4-6,8-10,20H,3,7,11-12H2. The van der Waals surface area contributed by atoms with Crippen LogP contribution in [0.2, 0.25) is 0 Å². The highest BCUT2D eigenvalue weighted by Crippen LogP contribution is 2.42. The first-order chi connectivity index (χ1) is 11.4. The molecule has 0 saturated carbocycles. The molecule has 4 heterocycles. The van der Waals surface area contributed by atoms with E-state index in [-0.39, 0.29) is 0 Å². The fraction of sp³-hybridized carbons (Fsp3) is 0.222. The van der Waals surface area contributed by atoms with Gasteiger partial charge in [-0.1, -0.05) is 30.0 Å². The molecule has 5 heteroatoms. The summed E-state index contributed by atoms with van der Waals surface area (Å²) in [6, 6.07) is 6.03. The van der Waals surface area contributed by atoms with Crippen LogP contribution in [-0.4, -0.2) is 24.4 Å². The van der Waals surface area contributed by atoms with Crippen LogP contribution in [0, 0.1) is 0 Å². The zero-order chi connectivity index (χ0) is 15.5. The smallest absolute Gasteiger partial charge is 0.185 e. The molecule has 0 atom stereocenters. The summed E-state index contributed by atoms with van der Waals surface area (Å²) in [6.07, 6.45) is 13.4. The Balaban J connectivity index is 1.43. The van der Waals surface area contributed by atoms with Gasteiger partial charge in [0.05, 0.1) is 5.70 Å². The maximum atomic E-state index is 4.71. The highest BCUT2D eigenvalue weighted by atomic mass is 32.2. The van der Waals surface area contributed by atoms with Crippen molar-refractivity contribution in [2.24, 2.45) is 4.99 Å². The van der Waals surface area contributed by atoms with Crippen molar-refractivity contribution in [2.75, 3.05) is 6.54 Å². The van der Waals surface area contributed by atoms with Gasteiger partial charge in [0.1, 0.15) is 0 Å². The van der Waals surface area contributed by atoms with E-state index in [1.54, 1.807) is 0 Å². The van der Waals surface area contributed by atoms with Gasteiger partial charge in [0.15, 0.2) is 7.28 Å². The SMILES string of the molecule is [B](Cc1ccccn1)C1=NC2=C1SC(C1=CC=CNC1)=CCC2. The van der Waals surface area contributed by atoms with Gasteiger partial charge in [-0.25, -0.2) is 0 Å². The average Bonchev–Trinajstić information content (AvgIpc) is 2.76. The highest BCUT2D eigenvalue weighted by molar-refractivity contribution is 8.08. The molecule has 3 aliphatic heterocycles. The molecule has 0 fully saturated rings. The number of hydrogen-bond donors (Lipinski definition) is 1. The van der Waals surface area contributed by atoms with Crippen LogP contribution in [0.4, 0.5) is 0 Å². The van der Waals surface area contributed by atoms with Gasteiger partial charge < -0.3 is 5.32 Å². The fourth-order valence-electron chi connectivity index (χ4n) is 2.80. The fourth-order valence-corrected chi connectivity index (χ4v) is 3.99. The second-order valence-corrected chi connectivity index (χ2v) is 6.70. The normalized spacial score (nSPS) is 19.6. The van der Waals surface area contributed by atoms with Crippen LogP contribution >= 0.6 is 11.8 Å². The largest absolute Gasteiger partial charge is 0.387 e. The lowest BCUT2D eigenvalue weighted by Crippen LogP contribution is -2.22. The third-order valence-corrected chi connectivity index (χ3v) is 5.32. The van der Waals surface area contributed by atoms with E-state index in [4.69, 9.17) is 4.99 Å². The molecule has 1 aromatic heterocycles. The Morgan fingerprint density at radius 1 is 1.30 bits per heavy atom. The summed E-state index contributed by atoms with van der Waals surface area (Å²) in [6.45, 7) is 0.905. The zero-order valence-electron chi connectivity index (χ0n) is 12.8. The van der Waals surface area contributed by atoms with Gasteiger partial charge in [-0.2, -0.15) is 0 Å². The Kier molecular flexibility index (Phi) is 4.20. The predicted molar refractivity (Wildman–Crippen MR) is 98.3 cm³/mol. The number of nitrogens with zero attached hydrogens (tertiary/aromatic N) is 2. The molecular formula is C18H17BN3S. The number of nitrogens with one attached hydrogen (secondary N) is 1. The molecule has 113 valence electrons. The van der Waals surface area contributed by atoms with Gasteiger partial charge in [0.2, 0.25) is 0 Å². The van der Waals surface area contributed by atoms with Crippen LogP contribution in [0.25, 0.3) is 0 Å². The molecule has 0 spiro atoms. The quantitative estimate of drug-likeness (QED) is 0.865. The molecule has 0 amide bonds. The number of aromatic nitrogens is 1. The van der Waals surface area contributed by atoms with E-state index in [0.717, 1.165) is 37.0 Å². The molecule has 0 saturated heterocycles. The van der Waals surface area contributed by atoms with Crippen LogP contribution < -0.4 is 5.32 Å². The van der Waals surface area contributed by atoms with Crippen molar-refractivity contribution < 1.29 is 0 Å². The van der Waals surface area contributed by atoms with Crippen LogP contribution in [0.1, 0.15) is 18.5 Å². The van der Waals surface area contributed by atoms with Gasteiger partial charge >= 0.3 is 0 Å². The minimum absolute atomic E-state index is 0.836. The maximum absolute atomic E-state index is 4.71. The first-order valence-corrected chi connectivity index (χ1v) is 8.74. The number of dihydropyridines is 1. The number of thioether (sulfide) groups is 1. The van der Waals surface area contributed by atoms with E-state index in [1.807, 2.05) is 36.3 Å². The number of hydrogen-bond acceptors (Lipinski definition) is 4. The van der Waals surface area contributed by atoms with E-state index in [1.165, 1.54) is 21.1 Å². The van der Waals surface area contributed by atoms with Gasteiger partial charge in [0.25, 0.3) is 0 Å². The van der Waals surface area contributed by atoms with Crippen LogP contribution in [0.3, 0.4) is 0 Å². The highest BCUT2D eigenvalue weighted by Gasteiger charge is 2.26. The second-order valence-electron chi connectivity index (χ2n) is 5.64. The number of allylic oxidation sites excluding steroid dienone is 5. The van der Waals surface area contributed by atoms with Crippen molar-refractivity contribution in [2.45, 2.75) is 19.2 Å². The third kappa shape index (κ3) is 3.20. The van der Waals surface area contributed by atoms with Crippen molar-refractivity contribution >= 4 is 24.7 Å². The lowest BCUT2D eigenvalue weighted by Gasteiger charge is -2.22. The van der Waals surface area contributed by atoms with Crippen LogP contribution in [0.5, 0.6) is 0 Å². The molecule has 0 aliphatic carbocycles. The molecule has 3 nitrogen and oxygen atoms in total. The lowest BCUT2D eigenvalue weighted by atomic mass is 9.66. The van der Waals surface area contributed by atoms with Gasteiger partial charge in [0, 0.05) is 33.9 Å². The second kappa shape index (κ2) is 6.63. The minimum atomic E-state index is 0.836. The van der Waals surface area contributed by atoms with Crippen molar-refractivity contribution in [3.8, 4) is 0 Å². The molecule has 1 aromatic rings. The Hall–Kier alpha value is -2.01. The molecule has 1 radical (unpaired) electrons. The molecule has 23 heavy (non-hydrogen) atoms. The van der Waals surface area contributed by atoms with E-state index in [0.29, 0.717) is 0 Å². The monoisotopic (exact) mass is 318 g/mol. The molecule has 1 N–H and O–H groups in total. The summed E-state index contributed by atoms with van der Waals surface area (Å²) in [5.74, 6) is 0. The Morgan fingerprint density at radius 3 is 3.13 bits per heavy atom. The summed E-state index contributed by atoms with van der Waals surface area (Å²) in [7, 11) is 2.20. The Bertz CT molecular complexity index is 760. The maximum Gasteiger partial charge on any atom is 0.185 e. The summed E-state index contributed by atoms with van der Waals surface area (Å²) in [5.41, 5.74) is 4.84. The average molecular weight is 318 g/mol. The summed E-state index contributed by atoms with van der Waals surface area (Å²) in [4.78, 5) is 11.8. The topological polar surface area (TPSA) is 37.3 Å². The van der Waals surface area contributed by atoms with E-state index < -0.39 is 0 Å². The van der Waals surface area contributed by atoms with Crippen molar-refractivity contribution in [1.29, 1.82) is 0 Å². The van der Waals surface area contributed by atoms with Crippen LogP contribution in [0.15, 0.2) is 74.9 Å². The van der Waals surface area contributed by atoms with Crippen molar-refractivity contribution in [3.63, 3.8) is 0 Å². The van der Waals surface area contributed by atoms with Gasteiger partial charge in [-0.3, -0.25) is 9.98 Å². The number of rotatable bonds is 4. The zero-order valence-corrected chi connectivity index (χ0v) is 13.6. The first-order valence-electron chi connectivity index (χ1n) is 7.93. The number of aliphatic imine (C=N–C) groups is 1. The van der Waals surface area contributed by atoms with Gasteiger partial charge in [-0.05, 0) is 49.1 Å². The van der Waals surface area contributed by atoms with Crippen molar-refractivity contribution in [1.82, 2.24) is 10.3 Å². The third-order valence-electron chi connectivity index (χ3n) is 4.02. The molecule has 4 rings (SSSR count). The predicted octanol–water partition coefficient (Wildman–Crippen LogP) is 3.36. The first kappa shape index (κ1) is 14.6. The number of pyridine rings is 1. The molecule has 3 aliphatic rings. The lowest BCUT2D eigenvalue weighted by molar-refractivity contribution is 0.926. The Morgan fingerprint density at radius 2 is 2.30 bits per heavy atom. The minimum Gasteiger partial charge on any atom is -0.387 e. The molecular weight excluding hydrogens is 301 g/mol. The summed E-state index contributed by atoms with van der Waals surface area (Å²) >= 11 is 1.87. The summed E-state index contributed by atoms with van der Waals surface area (Å²) < 4.78 is 0. The van der Waals surface area contributed by atoms with E-state index in [9.17, 15) is 0 Å². The molecule has 0 unspecified atom stereocenters. The van der Waals surface area contributed by atoms with Gasteiger partial charge in [-0.15, -0.1) is 0 Å². The van der Waals surface area contributed by atoms with Crippen LogP contribution in [-0.2, 0) is 6.32 Å². The van der Waals surface area contributed by atoms with E-state index in [2.05, 4.69) is 41.9 Å². The molecule has 0 bridgehead atoms. The van der Waals surface area contributed by atoms with Crippen molar-refractivity contribution in [3.05, 3.63) is 75.6 Å². The molecule has 0 aromatic carbocycles. The summed E-state index contributed by atoms with van der Waals surface area (Å²) in [5, 5.41) is 3.29. The van der Waals surface area contributed by atoms with E-state index >= 15 is 0 Å². The Labute approximate surface area is 141 Å².